The molecule has 0 radical (unpaired) electrons. The maximum absolute atomic E-state index is 12.6. The quantitative estimate of drug-likeness (QED) is 0.399. The van der Waals surface area contributed by atoms with Gasteiger partial charge in [-0.25, -0.2) is 4.79 Å². The molecule has 1 fully saturated rings. The van der Waals surface area contributed by atoms with Crippen LogP contribution < -0.4 is 9.47 Å². The molecule has 0 N–H and O–H groups in total. The van der Waals surface area contributed by atoms with E-state index in [4.69, 9.17) is 14.2 Å². The van der Waals surface area contributed by atoms with Crippen molar-refractivity contribution in [2.75, 3.05) is 13.7 Å². The van der Waals surface area contributed by atoms with E-state index in [2.05, 4.69) is 49.9 Å². The average Bonchev–Trinajstić information content (AvgIpc) is 2.59. The highest BCUT2D eigenvalue weighted by molar-refractivity contribution is 14.1. The van der Waals surface area contributed by atoms with Crippen LogP contribution in [0, 0.1) is 8.99 Å². The molecule has 0 aromatic heterocycles. The molecular formula is C21H29IO4. The standard InChI is InChI=1S/C21H29IO4/c1-6-15-12-16(22)19(17(13-15)24-5)25-14-18(23)26-21(20(2,3)4)10-8-7-9-11-21/h6,12-13H,1,7-11,14H2,2-5H3. The number of esters is 1. The van der Waals surface area contributed by atoms with Crippen LogP contribution in [0.3, 0.4) is 0 Å². The SMILES string of the molecule is C=Cc1cc(I)c(OCC(=O)OC2(C(C)(C)C)CCCCC2)c(OC)c1. The van der Waals surface area contributed by atoms with Gasteiger partial charge in [-0.3, -0.25) is 0 Å². The van der Waals surface area contributed by atoms with E-state index >= 15 is 0 Å². The lowest BCUT2D eigenvalue weighted by Crippen LogP contribution is -2.49. The molecule has 1 aliphatic rings. The van der Waals surface area contributed by atoms with Crippen LogP contribution in [0.2, 0.25) is 0 Å². The van der Waals surface area contributed by atoms with Gasteiger partial charge in [-0.1, -0.05) is 39.8 Å². The first-order valence-electron chi connectivity index (χ1n) is 9.07. The van der Waals surface area contributed by atoms with E-state index in [1.165, 1.54) is 6.42 Å². The van der Waals surface area contributed by atoms with E-state index in [0.717, 1.165) is 34.8 Å². The highest BCUT2D eigenvalue weighted by Crippen LogP contribution is 2.45. The maximum atomic E-state index is 12.6. The van der Waals surface area contributed by atoms with Gasteiger partial charge in [-0.15, -0.1) is 0 Å². The lowest BCUT2D eigenvalue weighted by molar-refractivity contribution is -0.182. The summed E-state index contributed by atoms with van der Waals surface area (Å²) < 4.78 is 18.0. The van der Waals surface area contributed by atoms with Gasteiger partial charge in [0.1, 0.15) is 5.60 Å². The highest BCUT2D eigenvalue weighted by atomic mass is 127. The monoisotopic (exact) mass is 472 g/mol. The van der Waals surface area contributed by atoms with Crippen LogP contribution in [0.25, 0.3) is 6.08 Å². The summed E-state index contributed by atoms with van der Waals surface area (Å²) in [5.74, 6) is 0.819. The summed E-state index contributed by atoms with van der Waals surface area (Å²) in [7, 11) is 1.58. The Bertz CT molecular complexity index is 655. The fourth-order valence-corrected chi connectivity index (χ4v) is 4.29. The van der Waals surface area contributed by atoms with Crippen LogP contribution >= 0.6 is 22.6 Å². The third-order valence-electron chi connectivity index (χ3n) is 5.16. The van der Waals surface area contributed by atoms with Crippen LogP contribution in [-0.2, 0) is 9.53 Å². The molecule has 5 heteroatoms. The molecule has 4 nitrogen and oxygen atoms in total. The van der Waals surface area contributed by atoms with Crippen molar-refractivity contribution in [3.8, 4) is 11.5 Å². The third kappa shape index (κ3) is 4.72. The zero-order valence-electron chi connectivity index (χ0n) is 16.2. The molecule has 0 unspecified atom stereocenters. The van der Waals surface area contributed by atoms with Crippen molar-refractivity contribution in [3.63, 3.8) is 0 Å². The second-order valence-corrected chi connectivity index (χ2v) is 8.97. The summed E-state index contributed by atoms with van der Waals surface area (Å²) in [6.07, 6.45) is 6.98. The fraction of sp³-hybridized carbons (Fsp3) is 0.571. The molecular weight excluding hydrogens is 443 g/mol. The molecule has 2 rings (SSSR count). The molecule has 0 bridgehead atoms. The van der Waals surface area contributed by atoms with Crippen molar-refractivity contribution in [2.45, 2.75) is 58.5 Å². The van der Waals surface area contributed by atoms with Crippen molar-refractivity contribution in [1.29, 1.82) is 0 Å². The van der Waals surface area contributed by atoms with Gasteiger partial charge in [0.15, 0.2) is 18.1 Å². The van der Waals surface area contributed by atoms with Gasteiger partial charge in [0.2, 0.25) is 0 Å². The first kappa shape index (κ1) is 21.1. The van der Waals surface area contributed by atoms with Crippen molar-refractivity contribution in [1.82, 2.24) is 0 Å². The number of hydrogen-bond acceptors (Lipinski definition) is 4. The number of hydrogen-bond donors (Lipinski definition) is 0. The number of carbonyl (C=O) groups excluding carboxylic acids is 1. The van der Waals surface area contributed by atoms with Crippen LogP contribution in [0.5, 0.6) is 11.5 Å². The molecule has 1 aliphatic carbocycles. The molecule has 0 amide bonds. The van der Waals surface area contributed by atoms with Gasteiger partial charge in [0, 0.05) is 5.41 Å². The van der Waals surface area contributed by atoms with Crippen molar-refractivity contribution in [2.24, 2.45) is 5.41 Å². The molecule has 0 saturated heterocycles. The van der Waals surface area contributed by atoms with Gasteiger partial charge in [-0.05, 0) is 66.0 Å². The zero-order valence-corrected chi connectivity index (χ0v) is 18.4. The first-order chi connectivity index (χ1) is 12.2. The Morgan fingerprint density at radius 2 is 1.92 bits per heavy atom. The third-order valence-corrected chi connectivity index (χ3v) is 5.96. The molecule has 0 spiro atoms. The molecule has 26 heavy (non-hydrogen) atoms. The summed E-state index contributed by atoms with van der Waals surface area (Å²) in [6.45, 7) is 10.1. The summed E-state index contributed by atoms with van der Waals surface area (Å²) in [6, 6.07) is 3.78. The lowest BCUT2D eigenvalue weighted by atomic mass is 9.68. The number of ether oxygens (including phenoxy) is 3. The number of carbonyl (C=O) groups is 1. The summed E-state index contributed by atoms with van der Waals surface area (Å²) >= 11 is 2.17. The molecule has 0 heterocycles. The molecule has 1 saturated carbocycles. The minimum Gasteiger partial charge on any atom is -0.493 e. The van der Waals surface area contributed by atoms with E-state index in [1.807, 2.05) is 12.1 Å². The van der Waals surface area contributed by atoms with Gasteiger partial charge < -0.3 is 14.2 Å². The predicted molar refractivity (Wildman–Crippen MR) is 113 cm³/mol. The van der Waals surface area contributed by atoms with E-state index in [1.54, 1.807) is 13.2 Å². The Balaban J connectivity index is 2.10. The van der Waals surface area contributed by atoms with E-state index in [9.17, 15) is 4.79 Å². The summed E-state index contributed by atoms with van der Waals surface area (Å²) in [5.41, 5.74) is 0.436. The molecule has 0 aliphatic heterocycles. The van der Waals surface area contributed by atoms with Crippen LogP contribution in [0.1, 0.15) is 58.4 Å². The largest absolute Gasteiger partial charge is 0.493 e. The average molecular weight is 472 g/mol. The Labute approximate surface area is 170 Å². The van der Waals surface area contributed by atoms with Crippen LogP contribution in [0.4, 0.5) is 0 Å². The van der Waals surface area contributed by atoms with E-state index in [-0.39, 0.29) is 18.0 Å². The smallest absolute Gasteiger partial charge is 0.344 e. The topological polar surface area (TPSA) is 44.8 Å². The van der Waals surface area contributed by atoms with Crippen molar-refractivity contribution in [3.05, 3.63) is 27.8 Å². The Morgan fingerprint density at radius 1 is 1.27 bits per heavy atom. The number of benzene rings is 1. The lowest BCUT2D eigenvalue weighted by Gasteiger charge is -2.46. The summed E-state index contributed by atoms with van der Waals surface area (Å²) in [5, 5.41) is 0. The van der Waals surface area contributed by atoms with Crippen LogP contribution in [0.15, 0.2) is 18.7 Å². The minimum atomic E-state index is -0.407. The molecule has 1 aromatic carbocycles. The normalized spacial score (nSPS) is 16.7. The van der Waals surface area contributed by atoms with Gasteiger partial charge in [-0.2, -0.15) is 0 Å². The number of rotatable bonds is 6. The first-order valence-corrected chi connectivity index (χ1v) is 10.1. The second-order valence-electron chi connectivity index (χ2n) is 7.81. The Morgan fingerprint density at radius 3 is 2.46 bits per heavy atom. The molecule has 144 valence electrons. The Hall–Kier alpha value is -1.24. The van der Waals surface area contributed by atoms with Gasteiger partial charge in [0.25, 0.3) is 0 Å². The van der Waals surface area contributed by atoms with E-state index < -0.39 is 5.60 Å². The predicted octanol–water partition coefficient (Wildman–Crippen LogP) is 5.61. The fourth-order valence-electron chi connectivity index (χ4n) is 3.50. The highest BCUT2D eigenvalue weighted by Gasteiger charge is 2.46. The van der Waals surface area contributed by atoms with Gasteiger partial charge in [0.05, 0.1) is 10.7 Å². The second kappa shape index (κ2) is 8.63. The minimum absolute atomic E-state index is 0.0964. The van der Waals surface area contributed by atoms with E-state index in [0.29, 0.717) is 11.5 Å². The van der Waals surface area contributed by atoms with Crippen molar-refractivity contribution < 1.29 is 19.0 Å². The zero-order chi connectivity index (χ0) is 19.4. The van der Waals surface area contributed by atoms with Gasteiger partial charge >= 0.3 is 5.97 Å². The number of methoxy groups -OCH3 is 1. The van der Waals surface area contributed by atoms with Crippen LogP contribution in [-0.4, -0.2) is 25.3 Å². The summed E-state index contributed by atoms with van der Waals surface area (Å²) in [4.78, 5) is 12.6. The van der Waals surface area contributed by atoms with Crippen molar-refractivity contribution >= 4 is 34.6 Å². The number of halogens is 1. The Kier molecular flexibility index (Phi) is 6.99. The maximum Gasteiger partial charge on any atom is 0.344 e. The molecule has 0 atom stereocenters. The molecule has 1 aromatic rings.